The van der Waals surface area contributed by atoms with E-state index in [2.05, 4.69) is 15.4 Å². The second-order valence-electron chi connectivity index (χ2n) is 5.40. The smallest absolute Gasteiger partial charge is 0.321 e. The quantitative estimate of drug-likeness (QED) is 0.758. The minimum Gasteiger partial charge on any atom is -0.321 e. The number of benzene rings is 1. The first kappa shape index (κ1) is 17.2. The van der Waals surface area contributed by atoms with Gasteiger partial charge in [-0.3, -0.25) is 9.48 Å². The van der Waals surface area contributed by atoms with Crippen molar-refractivity contribution in [2.45, 2.75) is 13.1 Å². The molecule has 25 heavy (non-hydrogen) atoms. The largest absolute Gasteiger partial charge is 0.443 e. The van der Waals surface area contributed by atoms with Crippen LogP contribution in [0.1, 0.15) is 21.1 Å². The van der Waals surface area contributed by atoms with Crippen LogP contribution in [0.3, 0.4) is 0 Å². The van der Waals surface area contributed by atoms with Crippen molar-refractivity contribution in [2.75, 3.05) is 5.32 Å². The van der Waals surface area contributed by atoms with Crippen LogP contribution in [0.5, 0.6) is 0 Å². The third-order valence-corrected chi connectivity index (χ3v) is 4.30. The molecule has 3 rings (SSSR count). The molecule has 1 N–H and O–H groups in total. The molecule has 0 spiro atoms. The lowest BCUT2D eigenvalue weighted by atomic mass is 10.1. The maximum absolute atomic E-state index is 12.6. The number of nitrogens with one attached hydrogen (secondary N) is 1. The topological polar surface area (TPSA) is 59.8 Å². The summed E-state index contributed by atoms with van der Waals surface area (Å²) in [6.07, 6.45) is -2.71. The number of amides is 1. The van der Waals surface area contributed by atoms with Crippen molar-refractivity contribution in [2.24, 2.45) is 7.05 Å². The Labute approximate surface area is 145 Å². The Kier molecular flexibility index (Phi) is 4.34. The van der Waals surface area contributed by atoms with Gasteiger partial charge in [0.25, 0.3) is 5.91 Å². The van der Waals surface area contributed by atoms with Crippen LogP contribution in [-0.4, -0.2) is 20.7 Å². The van der Waals surface area contributed by atoms with Crippen LogP contribution in [0.2, 0.25) is 0 Å². The highest BCUT2D eigenvalue weighted by Gasteiger charge is 2.34. The molecule has 1 amide bonds. The number of hydrogen-bond donors (Lipinski definition) is 1. The molecule has 0 aliphatic carbocycles. The zero-order valence-electron chi connectivity index (χ0n) is 13.3. The standard InChI is InChI=1S/C16H13F3N4OS/c1-9-7-23(2)22-13(9)14(24)20-11-5-3-10(4-6-11)12-8-25-15(21-12)16(17,18)19/h3-8H,1-2H3,(H,20,24). The number of aryl methyl sites for hydroxylation is 2. The van der Waals surface area contributed by atoms with Crippen molar-refractivity contribution in [3.63, 3.8) is 0 Å². The van der Waals surface area contributed by atoms with E-state index < -0.39 is 11.2 Å². The number of aromatic nitrogens is 3. The molecule has 0 radical (unpaired) electrons. The Morgan fingerprint density at radius 2 is 1.92 bits per heavy atom. The number of halogens is 3. The van der Waals surface area contributed by atoms with Gasteiger partial charge in [0.2, 0.25) is 0 Å². The number of carbonyl (C=O) groups excluding carboxylic acids is 1. The zero-order chi connectivity index (χ0) is 18.2. The first-order valence-electron chi connectivity index (χ1n) is 7.19. The molecule has 130 valence electrons. The summed E-state index contributed by atoms with van der Waals surface area (Å²) in [7, 11) is 1.72. The van der Waals surface area contributed by atoms with Crippen LogP contribution in [-0.2, 0) is 13.2 Å². The minimum absolute atomic E-state index is 0.246. The van der Waals surface area contributed by atoms with E-state index in [-0.39, 0.29) is 11.6 Å². The highest BCUT2D eigenvalue weighted by Crippen LogP contribution is 2.34. The monoisotopic (exact) mass is 366 g/mol. The molecular formula is C16H13F3N4OS. The Morgan fingerprint density at radius 3 is 2.44 bits per heavy atom. The first-order valence-corrected chi connectivity index (χ1v) is 8.07. The lowest BCUT2D eigenvalue weighted by Gasteiger charge is -2.05. The van der Waals surface area contributed by atoms with Crippen molar-refractivity contribution < 1.29 is 18.0 Å². The Bertz CT molecular complexity index is 912. The van der Waals surface area contributed by atoms with Gasteiger partial charge in [0.1, 0.15) is 0 Å². The number of nitrogens with zero attached hydrogens (tertiary/aromatic N) is 3. The minimum atomic E-state index is -4.45. The fourth-order valence-electron chi connectivity index (χ4n) is 2.28. The second kappa shape index (κ2) is 6.32. The number of rotatable bonds is 3. The summed E-state index contributed by atoms with van der Waals surface area (Å²) < 4.78 is 39.4. The molecule has 0 atom stereocenters. The average molecular weight is 366 g/mol. The molecule has 0 aliphatic heterocycles. The molecule has 0 saturated heterocycles. The van der Waals surface area contributed by atoms with Crippen molar-refractivity contribution in [1.29, 1.82) is 0 Å². The van der Waals surface area contributed by atoms with Crippen molar-refractivity contribution in [3.8, 4) is 11.3 Å². The van der Waals surface area contributed by atoms with E-state index in [1.807, 2.05) is 0 Å². The van der Waals surface area contributed by atoms with Gasteiger partial charge >= 0.3 is 6.18 Å². The summed E-state index contributed by atoms with van der Waals surface area (Å²) in [5, 5.41) is 7.27. The van der Waals surface area contributed by atoms with Crippen molar-refractivity contribution in [1.82, 2.24) is 14.8 Å². The van der Waals surface area contributed by atoms with E-state index in [1.54, 1.807) is 49.1 Å². The SMILES string of the molecule is Cc1cn(C)nc1C(=O)Nc1ccc(-c2csc(C(F)(F)F)n2)cc1. The molecular weight excluding hydrogens is 353 g/mol. The number of anilines is 1. The molecule has 3 aromatic rings. The van der Waals surface area contributed by atoms with Gasteiger partial charge in [-0.2, -0.15) is 18.3 Å². The maximum atomic E-state index is 12.6. The lowest BCUT2D eigenvalue weighted by molar-refractivity contribution is -0.137. The van der Waals surface area contributed by atoms with Gasteiger partial charge in [0.05, 0.1) is 5.69 Å². The Balaban J connectivity index is 1.75. The van der Waals surface area contributed by atoms with E-state index in [9.17, 15) is 18.0 Å². The van der Waals surface area contributed by atoms with Crippen LogP contribution < -0.4 is 5.32 Å². The van der Waals surface area contributed by atoms with E-state index in [4.69, 9.17) is 0 Å². The summed E-state index contributed by atoms with van der Waals surface area (Å²) in [4.78, 5) is 15.8. The van der Waals surface area contributed by atoms with Gasteiger partial charge in [-0.05, 0) is 19.1 Å². The van der Waals surface area contributed by atoms with Crippen LogP contribution in [0.15, 0.2) is 35.8 Å². The molecule has 9 heteroatoms. The molecule has 2 heterocycles. The van der Waals surface area contributed by atoms with E-state index >= 15 is 0 Å². The lowest BCUT2D eigenvalue weighted by Crippen LogP contribution is -2.14. The number of carbonyl (C=O) groups is 1. The zero-order valence-corrected chi connectivity index (χ0v) is 14.1. The normalized spacial score (nSPS) is 11.6. The summed E-state index contributed by atoms with van der Waals surface area (Å²) in [6.45, 7) is 1.78. The fraction of sp³-hybridized carbons (Fsp3) is 0.188. The van der Waals surface area contributed by atoms with Gasteiger partial charge in [0.15, 0.2) is 10.7 Å². The summed E-state index contributed by atoms with van der Waals surface area (Å²) >= 11 is 0.551. The first-order chi connectivity index (χ1) is 11.7. The summed E-state index contributed by atoms with van der Waals surface area (Å²) in [5.74, 6) is -0.348. The van der Waals surface area contributed by atoms with Gasteiger partial charge < -0.3 is 5.32 Å². The molecule has 5 nitrogen and oxygen atoms in total. The highest BCUT2D eigenvalue weighted by molar-refractivity contribution is 7.10. The van der Waals surface area contributed by atoms with E-state index in [0.29, 0.717) is 28.3 Å². The number of hydrogen-bond acceptors (Lipinski definition) is 4. The molecule has 0 saturated carbocycles. The third kappa shape index (κ3) is 3.71. The Hall–Kier alpha value is -2.68. The van der Waals surface area contributed by atoms with Gasteiger partial charge in [-0.25, -0.2) is 4.98 Å². The maximum Gasteiger partial charge on any atom is 0.443 e. The van der Waals surface area contributed by atoms with Crippen molar-refractivity contribution in [3.05, 3.63) is 52.1 Å². The predicted molar refractivity (Wildman–Crippen MR) is 88.5 cm³/mol. The van der Waals surface area contributed by atoms with Gasteiger partial charge in [-0.1, -0.05) is 12.1 Å². The van der Waals surface area contributed by atoms with E-state index in [1.165, 1.54) is 5.38 Å². The summed E-state index contributed by atoms with van der Waals surface area (Å²) in [5.41, 5.74) is 2.37. The molecule has 0 fully saturated rings. The van der Waals surface area contributed by atoms with Gasteiger partial charge in [0, 0.05) is 35.4 Å². The number of alkyl halides is 3. The third-order valence-electron chi connectivity index (χ3n) is 3.41. The summed E-state index contributed by atoms with van der Waals surface area (Å²) in [6, 6.07) is 6.43. The molecule has 1 aromatic carbocycles. The Morgan fingerprint density at radius 1 is 1.24 bits per heavy atom. The second-order valence-corrected chi connectivity index (χ2v) is 6.26. The predicted octanol–water partition coefficient (Wildman–Crippen LogP) is 4.12. The molecule has 2 aromatic heterocycles. The van der Waals surface area contributed by atoms with Crippen LogP contribution in [0.25, 0.3) is 11.3 Å². The molecule has 0 unspecified atom stereocenters. The van der Waals surface area contributed by atoms with Gasteiger partial charge in [-0.15, -0.1) is 11.3 Å². The highest BCUT2D eigenvalue weighted by atomic mass is 32.1. The van der Waals surface area contributed by atoms with E-state index in [0.717, 1.165) is 5.56 Å². The van der Waals surface area contributed by atoms with Crippen LogP contribution >= 0.6 is 11.3 Å². The number of thiazole rings is 1. The van der Waals surface area contributed by atoms with Crippen molar-refractivity contribution >= 4 is 22.9 Å². The fourth-order valence-corrected chi connectivity index (χ4v) is 2.98. The molecule has 0 bridgehead atoms. The van der Waals surface area contributed by atoms with Crippen LogP contribution in [0, 0.1) is 6.92 Å². The average Bonchev–Trinajstić information content (AvgIpc) is 3.14. The van der Waals surface area contributed by atoms with Crippen LogP contribution in [0.4, 0.5) is 18.9 Å². The molecule has 0 aliphatic rings.